The molecule has 0 radical (unpaired) electrons. The van der Waals surface area contributed by atoms with E-state index in [4.69, 9.17) is 5.73 Å². The summed E-state index contributed by atoms with van der Waals surface area (Å²) in [6.45, 7) is 2.19. The SMILES string of the molecule is CCC[C@@H](N)C(=O)NCC(O)c1ccsc1. The van der Waals surface area contributed by atoms with Crippen LogP contribution >= 0.6 is 11.3 Å². The molecular weight excluding hydrogens is 224 g/mol. The van der Waals surface area contributed by atoms with Crippen LogP contribution in [0.1, 0.15) is 31.4 Å². The molecule has 1 heterocycles. The number of amides is 1. The Labute approximate surface area is 99.5 Å². The first-order chi connectivity index (χ1) is 7.65. The number of carbonyl (C=O) groups is 1. The van der Waals surface area contributed by atoms with Gasteiger partial charge in [0.05, 0.1) is 12.1 Å². The fourth-order valence-corrected chi connectivity index (χ4v) is 2.06. The summed E-state index contributed by atoms with van der Waals surface area (Å²) in [5.74, 6) is -0.198. The molecule has 90 valence electrons. The normalized spacial score (nSPS) is 14.4. The number of carbonyl (C=O) groups excluding carboxylic acids is 1. The molecule has 0 aliphatic heterocycles. The average molecular weight is 242 g/mol. The highest BCUT2D eigenvalue weighted by atomic mass is 32.1. The highest BCUT2D eigenvalue weighted by Gasteiger charge is 2.14. The maximum atomic E-state index is 11.5. The molecule has 2 atom stereocenters. The highest BCUT2D eigenvalue weighted by Crippen LogP contribution is 2.14. The van der Waals surface area contributed by atoms with Gasteiger partial charge in [-0.2, -0.15) is 11.3 Å². The quantitative estimate of drug-likeness (QED) is 0.697. The van der Waals surface area contributed by atoms with Crippen LogP contribution in [0.3, 0.4) is 0 Å². The average Bonchev–Trinajstić information content (AvgIpc) is 2.79. The third-order valence-electron chi connectivity index (χ3n) is 2.33. The van der Waals surface area contributed by atoms with Crippen LogP contribution in [0.15, 0.2) is 16.8 Å². The van der Waals surface area contributed by atoms with E-state index in [1.807, 2.05) is 23.8 Å². The van der Waals surface area contributed by atoms with Crippen LogP contribution in [-0.4, -0.2) is 23.6 Å². The lowest BCUT2D eigenvalue weighted by Crippen LogP contribution is -2.41. The van der Waals surface area contributed by atoms with E-state index in [1.165, 1.54) is 11.3 Å². The fraction of sp³-hybridized carbons (Fsp3) is 0.545. The van der Waals surface area contributed by atoms with Crippen LogP contribution < -0.4 is 11.1 Å². The second-order valence-corrected chi connectivity index (χ2v) is 4.49. The van der Waals surface area contributed by atoms with E-state index in [0.717, 1.165) is 12.0 Å². The molecule has 0 aromatic carbocycles. The number of hydrogen-bond acceptors (Lipinski definition) is 4. The van der Waals surface area contributed by atoms with Gasteiger partial charge in [-0.3, -0.25) is 4.79 Å². The van der Waals surface area contributed by atoms with Crippen molar-refractivity contribution in [3.8, 4) is 0 Å². The first kappa shape index (κ1) is 13.2. The molecule has 0 saturated carbocycles. The first-order valence-corrected chi connectivity index (χ1v) is 6.33. The summed E-state index contributed by atoms with van der Waals surface area (Å²) in [6.07, 6.45) is 0.895. The van der Waals surface area contributed by atoms with Crippen molar-refractivity contribution in [2.75, 3.05) is 6.54 Å². The zero-order valence-electron chi connectivity index (χ0n) is 9.35. The summed E-state index contributed by atoms with van der Waals surface area (Å²) in [7, 11) is 0. The predicted molar refractivity (Wildman–Crippen MR) is 65.2 cm³/mol. The lowest BCUT2D eigenvalue weighted by molar-refractivity contribution is -0.123. The molecule has 16 heavy (non-hydrogen) atoms. The van der Waals surface area contributed by atoms with Crippen molar-refractivity contribution in [2.45, 2.75) is 31.9 Å². The Morgan fingerprint density at radius 2 is 2.44 bits per heavy atom. The van der Waals surface area contributed by atoms with Gasteiger partial charge in [0, 0.05) is 6.54 Å². The number of aliphatic hydroxyl groups excluding tert-OH is 1. The largest absolute Gasteiger partial charge is 0.387 e. The van der Waals surface area contributed by atoms with E-state index < -0.39 is 12.1 Å². The summed E-state index contributed by atoms with van der Waals surface area (Å²) in [6, 6.07) is 1.37. The Bertz CT molecular complexity index is 314. The summed E-state index contributed by atoms with van der Waals surface area (Å²) in [4.78, 5) is 11.5. The van der Waals surface area contributed by atoms with Crippen LogP contribution in [-0.2, 0) is 4.79 Å². The Morgan fingerprint density at radius 3 is 3.00 bits per heavy atom. The van der Waals surface area contributed by atoms with Gasteiger partial charge >= 0.3 is 0 Å². The van der Waals surface area contributed by atoms with Gasteiger partial charge in [0.1, 0.15) is 0 Å². The zero-order valence-corrected chi connectivity index (χ0v) is 10.2. The second-order valence-electron chi connectivity index (χ2n) is 3.71. The van der Waals surface area contributed by atoms with E-state index in [9.17, 15) is 9.90 Å². The molecule has 0 bridgehead atoms. The monoisotopic (exact) mass is 242 g/mol. The number of hydrogen-bond donors (Lipinski definition) is 3. The van der Waals surface area contributed by atoms with Gasteiger partial charge in [0.25, 0.3) is 0 Å². The minimum atomic E-state index is -0.649. The van der Waals surface area contributed by atoms with Gasteiger partial charge in [0.15, 0.2) is 0 Å². The highest BCUT2D eigenvalue weighted by molar-refractivity contribution is 7.07. The molecule has 1 amide bonds. The molecule has 4 nitrogen and oxygen atoms in total. The van der Waals surface area contributed by atoms with Gasteiger partial charge in [-0.15, -0.1) is 0 Å². The van der Waals surface area contributed by atoms with E-state index in [0.29, 0.717) is 6.42 Å². The standard InChI is InChI=1S/C11H18N2O2S/c1-2-3-9(12)11(15)13-6-10(14)8-4-5-16-7-8/h4-5,7,9-10,14H,2-3,6,12H2,1H3,(H,13,15)/t9-,10?/m1/s1. The van der Waals surface area contributed by atoms with Gasteiger partial charge in [-0.05, 0) is 28.8 Å². The number of aliphatic hydroxyl groups is 1. The third-order valence-corrected chi connectivity index (χ3v) is 3.04. The number of nitrogens with two attached hydrogens (primary N) is 1. The Hall–Kier alpha value is -0.910. The van der Waals surface area contributed by atoms with Crippen LogP contribution in [0.5, 0.6) is 0 Å². The minimum Gasteiger partial charge on any atom is -0.387 e. The van der Waals surface area contributed by atoms with Crippen molar-refractivity contribution in [3.63, 3.8) is 0 Å². The Morgan fingerprint density at radius 1 is 1.69 bits per heavy atom. The summed E-state index contributed by atoms with van der Waals surface area (Å²) >= 11 is 1.52. The Balaban J connectivity index is 2.31. The molecule has 1 aromatic rings. The molecule has 5 heteroatoms. The van der Waals surface area contributed by atoms with E-state index in [1.54, 1.807) is 0 Å². The van der Waals surface area contributed by atoms with Crippen molar-refractivity contribution < 1.29 is 9.90 Å². The van der Waals surface area contributed by atoms with Gasteiger partial charge in [-0.1, -0.05) is 13.3 Å². The van der Waals surface area contributed by atoms with Crippen molar-refractivity contribution in [1.82, 2.24) is 5.32 Å². The molecule has 0 aliphatic rings. The van der Waals surface area contributed by atoms with Gasteiger partial charge < -0.3 is 16.2 Å². The third kappa shape index (κ3) is 3.92. The van der Waals surface area contributed by atoms with E-state index >= 15 is 0 Å². The second kappa shape index (κ2) is 6.62. The molecule has 0 spiro atoms. The maximum Gasteiger partial charge on any atom is 0.237 e. The zero-order chi connectivity index (χ0) is 12.0. The van der Waals surface area contributed by atoms with Crippen molar-refractivity contribution in [2.24, 2.45) is 5.73 Å². The Kier molecular flexibility index (Phi) is 5.45. The van der Waals surface area contributed by atoms with E-state index in [-0.39, 0.29) is 12.5 Å². The molecular formula is C11H18N2O2S. The number of thiophene rings is 1. The van der Waals surface area contributed by atoms with Crippen LogP contribution in [0.25, 0.3) is 0 Å². The smallest absolute Gasteiger partial charge is 0.237 e. The van der Waals surface area contributed by atoms with Crippen molar-refractivity contribution >= 4 is 17.2 Å². The lowest BCUT2D eigenvalue weighted by Gasteiger charge is -2.14. The number of nitrogens with one attached hydrogen (secondary N) is 1. The molecule has 1 unspecified atom stereocenters. The fourth-order valence-electron chi connectivity index (χ4n) is 1.35. The molecule has 0 saturated heterocycles. The van der Waals surface area contributed by atoms with Gasteiger partial charge in [-0.25, -0.2) is 0 Å². The van der Waals surface area contributed by atoms with Crippen LogP contribution in [0.2, 0.25) is 0 Å². The summed E-state index contributed by atoms with van der Waals surface area (Å²) in [5, 5.41) is 16.1. The minimum absolute atomic E-state index is 0.198. The summed E-state index contributed by atoms with van der Waals surface area (Å²) in [5.41, 5.74) is 6.47. The molecule has 0 fully saturated rings. The topological polar surface area (TPSA) is 75.4 Å². The van der Waals surface area contributed by atoms with Crippen molar-refractivity contribution in [1.29, 1.82) is 0 Å². The number of rotatable bonds is 6. The van der Waals surface area contributed by atoms with Crippen molar-refractivity contribution in [3.05, 3.63) is 22.4 Å². The van der Waals surface area contributed by atoms with Gasteiger partial charge in [0.2, 0.25) is 5.91 Å². The lowest BCUT2D eigenvalue weighted by atomic mass is 10.1. The first-order valence-electron chi connectivity index (χ1n) is 5.38. The maximum absolute atomic E-state index is 11.5. The van der Waals surface area contributed by atoms with Crippen LogP contribution in [0.4, 0.5) is 0 Å². The predicted octanol–water partition coefficient (Wildman–Crippen LogP) is 1.03. The van der Waals surface area contributed by atoms with E-state index in [2.05, 4.69) is 5.32 Å². The summed E-state index contributed by atoms with van der Waals surface area (Å²) < 4.78 is 0. The molecule has 1 rings (SSSR count). The molecule has 0 aliphatic carbocycles. The molecule has 4 N–H and O–H groups in total. The molecule has 1 aromatic heterocycles. The van der Waals surface area contributed by atoms with Crippen LogP contribution in [0, 0.1) is 0 Å².